The van der Waals surface area contributed by atoms with E-state index in [4.69, 9.17) is 14.7 Å². The molecule has 0 aromatic heterocycles. The molecule has 3 atom stereocenters. The van der Waals surface area contributed by atoms with Crippen molar-refractivity contribution in [3.05, 3.63) is 35.4 Å². The van der Waals surface area contributed by atoms with Crippen molar-refractivity contribution in [1.82, 2.24) is 4.90 Å². The Bertz CT molecular complexity index is 709. The molecule has 5 nitrogen and oxygen atoms in total. The van der Waals surface area contributed by atoms with Gasteiger partial charge in [-0.05, 0) is 18.1 Å². The molecule has 0 unspecified atom stereocenters. The minimum absolute atomic E-state index is 0.0745. The van der Waals surface area contributed by atoms with Crippen molar-refractivity contribution in [1.29, 1.82) is 5.26 Å². The van der Waals surface area contributed by atoms with Crippen LogP contribution in [0.2, 0.25) is 0 Å². The third-order valence-electron chi connectivity index (χ3n) is 5.33. The Balaban J connectivity index is 1.89. The standard InChI is InChI=1S/C18H20N2O3/c1-22-14-3-2-12-11-20(9-7-19)8-6-18-5-4-13(21)10-15(18)23-17(14)16(12)18/h2-5,13,15,21H,6,8-11H2,1H3/t13-,15-,18-/m1/s1. The Labute approximate surface area is 135 Å². The van der Waals surface area contributed by atoms with Gasteiger partial charge in [0.05, 0.1) is 31.2 Å². The summed E-state index contributed by atoms with van der Waals surface area (Å²) in [7, 11) is 1.65. The second-order valence-electron chi connectivity index (χ2n) is 6.56. The molecular formula is C18H20N2O3. The summed E-state index contributed by atoms with van der Waals surface area (Å²) in [6, 6.07) is 6.28. The van der Waals surface area contributed by atoms with Gasteiger partial charge in [0.15, 0.2) is 11.5 Å². The lowest BCUT2D eigenvalue weighted by Gasteiger charge is -2.35. The summed E-state index contributed by atoms with van der Waals surface area (Å²) >= 11 is 0. The van der Waals surface area contributed by atoms with E-state index in [0.29, 0.717) is 13.0 Å². The van der Waals surface area contributed by atoms with Crippen molar-refractivity contribution in [2.45, 2.75) is 37.0 Å². The first kappa shape index (κ1) is 14.6. The van der Waals surface area contributed by atoms with Gasteiger partial charge in [-0.25, -0.2) is 0 Å². The smallest absolute Gasteiger partial charge is 0.166 e. The van der Waals surface area contributed by atoms with Crippen LogP contribution in [0.15, 0.2) is 24.3 Å². The normalized spacial score (nSPS) is 31.5. The summed E-state index contributed by atoms with van der Waals surface area (Å²) < 4.78 is 11.7. The van der Waals surface area contributed by atoms with Gasteiger partial charge in [0.1, 0.15) is 6.10 Å². The minimum Gasteiger partial charge on any atom is -0.493 e. The predicted octanol–water partition coefficient (Wildman–Crippen LogP) is 1.74. The average molecular weight is 312 g/mol. The Morgan fingerprint density at radius 2 is 2.39 bits per heavy atom. The number of methoxy groups -OCH3 is 1. The zero-order valence-corrected chi connectivity index (χ0v) is 13.2. The summed E-state index contributed by atoms with van der Waals surface area (Å²) in [6.07, 6.45) is 4.94. The molecule has 1 spiro atoms. The first-order valence-corrected chi connectivity index (χ1v) is 8.01. The lowest BCUT2D eigenvalue weighted by molar-refractivity contribution is 0.0816. The lowest BCUT2D eigenvalue weighted by atomic mass is 9.69. The van der Waals surface area contributed by atoms with Crippen LogP contribution in [-0.2, 0) is 12.0 Å². The van der Waals surface area contributed by atoms with Gasteiger partial charge in [0.2, 0.25) is 0 Å². The Morgan fingerprint density at radius 3 is 3.17 bits per heavy atom. The number of nitrogens with zero attached hydrogens (tertiary/aromatic N) is 2. The molecule has 0 saturated carbocycles. The molecule has 0 bridgehead atoms. The SMILES string of the molecule is COc1ccc2c3c1O[C@@H]1C[C@H](O)C=C[C@]31CCN(CC#N)C2. The second-order valence-corrected chi connectivity index (χ2v) is 6.56. The monoisotopic (exact) mass is 312 g/mol. The molecule has 4 rings (SSSR count). The molecule has 1 aromatic carbocycles. The number of benzene rings is 1. The van der Waals surface area contributed by atoms with E-state index in [1.165, 1.54) is 11.1 Å². The molecule has 0 amide bonds. The molecule has 23 heavy (non-hydrogen) atoms. The van der Waals surface area contributed by atoms with Crippen LogP contribution >= 0.6 is 0 Å². The molecule has 0 fully saturated rings. The number of hydrogen-bond donors (Lipinski definition) is 1. The number of aliphatic hydroxyl groups is 1. The molecule has 2 heterocycles. The maximum atomic E-state index is 10.0. The van der Waals surface area contributed by atoms with Gasteiger partial charge < -0.3 is 14.6 Å². The van der Waals surface area contributed by atoms with E-state index >= 15 is 0 Å². The second kappa shape index (κ2) is 5.26. The first-order valence-electron chi connectivity index (χ1n) is 8.01. The molecule has 120 valence electrons. The van der Waals surface area contributed by atoms with E-state index < -0.39 is 6.10 Å². The molecule has 3 aliphatic rings. The van der Waals surface area contributed by atoms with Crippen molar-refractivity contribution in [3.63, 3.8) is 0 Å². The molecule has 2 aliphatic heterocycles. The van der Waals surface area contributed by atoms with Gasteiger partial charge in [-0.3, -0.25) is 4.90 Å². The number of aliphatic hydroxyl groups excluding tert-OH is 1. The van der Waals surface area contributed by atoms with E-state index in [1.807, 2.05) is 12.1 Å². The average Bonchev–Trinajstić information content (AvgIpc) is 2.79. The first-order chi connectivity index (χ1) is 11.2. The summed E-state index contributed by atoms with van der Waals surface area (Å²) in [5, 5.41) is 19.1. The van der Waals surface area contributed by atoms with Crippen molar-refractivity contribution in [2.75, 3.05) is 20.2 Å². The Kier molecular flexibility index (Phi) is 3.33. The number of nitriles is 1. The van der Waals surface area contributed by atoms with Gasteiger partial charge in [-0.1, -0.05) is 18.2 Å². The largest absolute Gasteiger partial charge is 0.493 e. The molecule has 1 aliphatic carbocycles. The topological polar surface area (TPSA) is 65.7 Å². The van der Waals surface area contributed by atoms with Crippen molar-refractivity contribution in [3.8, 4) is 17.6 Å². The summed E-state index contributed by atoms with van der Waals surface area (Å²) in [4.78, 5) is 2.17. The van der Waals surface area contributed by atoms with E-state index in [2.05, 4.69) is 23.1 Å². The fourth-order valence-electron chi connectivity index (χ4n) is 4.23. The highest BCUT2D eigenvalue weighted by molar-refractivity contribution is 5.61. The van der Waals surface area contributed by atoms with Crippen LogP contribution in [0.4, 0.5) is 0 Å². The van der Waals surface area contributed by atoms with Crippen LogP contribution in [-0.4, -0.2) is 42.4 Å². The maximum Gasteiger partial charge on any atom is 0.166 e. The number of rotatable bonds is 2. The van der Waals surface area contributed by atoms with Crippen molar-refractivity contribution >= 4 is 0 Å². The van der Waals surface area contributed by atoms with Crippen LogP contribution in [0, 0.1) is 11.3 Å². The van der Waals surface area contributed by atoms with Crippen molar-refractivity contribution < 1.29 is 14.6 Å². The summed E-state index contributed by atoms with van der Waals surface area (Å²) in [5.74, 6) is 1.56. The van der Waals surface area contributed by atoms with Gasteiger partial charge in [-0.15, -0.1) is 0 Å². The predicted molar refractivity (Wildman–Crippen MR) is 84.4 cm³/mol. The highest BCUT2D eigenvalue weighted by Gasteiger charge is 2.52. The highest BCUT2D eigenvalue weighted by Crippen LogP contribution is 2.55. The van der Waals surface area contributed by atoms with Crippen LogP contribution in [0.3, 0.4) is 0 Å². The Morgan fingerprint density at radius 1 is 1.52 bits per heavy atom. The van der Waals surface area contributed by atoms with Crippen LogP contribution in [0.1, 0.15) is 24.0 Å². The minimum atomic E-state index is -0.465. The zero-order valence-electron chi connectivity index (χ0n) is 13.2. The van der Waals surface area contributed by atoms with Gasteiger partial charge in [-0.2, -0.15) is 5.26 Å². The molecular weight excluding hydrogens is 292 g/mol. The molecule has 0 saturated heterocycles. The van der Waals surface area contributed by atoms with Crippen LogP contribution in [0.25, 0.3) is 0 Å². The zero-order chi connectivity index (χ0) is 16.0. The third-order valence-corrected chi connectivity index (χ3v) is 5.33. The quantitative estimate of drug-likeness (QED) is 0.666. The summed E-state index contributed by atoms with van der Waals surface area (Å²) in [6.45, 7) is 2.01. The van der Waals surface area contributed by atoms with Gasteiger partial charge in [0, 0.05) is 25.1 Å². The fourth-order valence-corrected chi connectivity index (χ4v) is 4.23. The molecule has 1 N–H and O–H groups in total. The Hall–Kier alpha value is -2.03. The van der Waals surface area contributed by atoms with Gasteiger partial charge >= 0.3 is 0 Å². The molecule has 5 heteroatoms. The fraction of sp³-hybridized carbons (Fsp3) is 0.500. The van der Waals surface area contributed by atoms with Gasteiger partial charge in [0.25, 0.3) is 0 Å². The van der Waals surface area contributed by atoms with Crippen LogP contribution < -0.4 is 9.47 Å². The highest BCUT2D eigenvalue weighted by atomic mass is 16.5. The number of hydrogen-bond acceptors (Lipinski definition) is 5. The summed E-state index contributed by atoms with van der Waals surface area (Å²) in [5.41, 5.74) is 2.16. The van der Waals surface area contributed by atoms with E-state index in [9.17, 15) is 5.11 Å². The van der Waals surface area contributed by atoms with Crippen LogP contribution in [0.5, 0.6) is 11.5 Å². The number of ether oxygens (including phenoxy) is 2. The van der Waals surface area contributed by atoms with Crippen molar-refractivity contribution in [2.24, 2.45) is 0 Å². The van der Waals surface area contributed by atoms with E-state index in [1.54, 1.807) is 7.11 Å². The maximum absolute atomic E-state index is 10.0. The van der Waals surface area contributed by atoms with E-state index in [-0.39, 0.29) is 11.5 Å². The molecule has 1 aromatic rings. The lowest BCUT2D eigenvalue weighted by Crippen LogP contribution is -2.43. The third kappa shape index (κ3) is 2.06. The molecule has 0 radical (unpaired) electrons. The van der Waals surface area contributed by atoms with E-state index in [0.717, 1.165) is 31.0 Å².